The molecule has 5 aliphatic rings. The molecule has 4 bridgehead atoms. The molecule has 4 heteroatoms. The third-order valence-electron chi connectivity index (χ3n) is 6.35. The Morgan fingerprint density at radius 1 is 1.05 bits per heavy atom. The normalized spacial score (nSPS) is 53.6. The minimum absolute atomic E-state index is 0.178. The first-order chi connectivity index (χ1) is 9.39. The second-order valence-corrected chi connectivity index (χ2v) is 8.40. The van der Waals surface area contributed by atoms with Gasteiger partial charge >= 0.3 is 0 Å². The van der Waals surface area contributed by atoms with Crippen LogP contribution in [0.15, 0.2) is 0 Å². The maximum atomic E-state index is 13.0. The Morgan fingerprint density at radius 2 is 1.60 bits per heavy atom. The lowest BCUT2D eigenvalue weighted by Gasteiger charge is -2.61. The van der Waals surface area contributed by atoms with Crippen LogP contribution in [0.5, 0.6) is 0 Å². The van der Waals surface area contributed by atoms with Gasteiger partial charge in [-0.1, -0.05) is 6.92 Å². The van der Waals surface area contributed by atoms with Gasteiger partial charge in [-0.25, -0.2) is 0 Å². The summed E-state index contributed by atoms with van der Waals surface area (Å²) in [6.07, 6.45) is 5.49. The number of carbonyl (C=O) groups is 1. The highest BCUT2D eigenvalue weighted by atomic mass is 16.3. The fourth-order valence-electron chi connectivity index (χ4n) is 6.24. The van der Waals surface area contributed by atoms with Gasteiger partial charge in [0.15, 0.2) is 0 Å². The molecule has 4 nitrogen and oxygen atoms in total. The van der Waals surface area contributed by atoms with E-state index >= 15 is 0 Å². The Labute approximate surface area is 120 Å². The van der Waals surface area contributed by atoms with Crippen molar-refractivity contribution in [2.75, 3.05) is 13.1 Å². The van der Waals surface area contributed by atoms with E-state index in [-0.39, 0.29) is 11.3 Å². The number of aliphatic hydroxyl groups excluding tert-OH is 2. The molecule has 112 valence electrons. The smallest absolute Gasteiger partial charge is 0.229 e. The molecular formula is C16H25NO3. The molecule has 4 atom stereocenters. The zero-order valence-electron chi connectivity index (χ0n) is 12.2. The highest BCUT2D eigenvalue weighted by molar-refractivity contribution is 5.83. The van der Waals surface area contributed by atoms with Crippen LogP contribution < -0.4 is 0 Å². The van der Waals surface area contributed by atoms with Crippen molar-refractivity contribution in [3.05, 3.63) is 0 Å². The number of nitrogens with zero attached hydrogens (tertiary/aromatic N) is 1. The largest absolute Gasteiger partial charge is 0.388 e. The number of hydrogen-bond acceptors (Lipinski definition) is 3. The number of β-amino-alcohol motifs (C(OH)–C–C–N with tert-alkyl or cyclic N) is 2. The molecule has 0 spiro atoms. The minimum Gasteiger partial charge on any atom is -0.388 e. The van der Waals surface area contributed by atoms with Crippen LogP contribution >= 0.6 is 0 Å². The van der Waals surface area contributed by atoms with Gasteiger partial charge in [0.05, 0.1) is 17.6 Å². The number of hydrogen-bond donors (Lipinski definition) is 2. The highest BCUT2D eigenvalue weighted by Gasteiger charge is 2.60. The zero-order valence-corrected chi connectivity index (χ0v) is 12.2. The maximum absolute atomic E-state index is 13.0. The van der Waals surface area contributed by atoms with E-state index in [1.807, 2.05) is 0 Å². The summed E-state index contributed by atoms with van der Waals surface area (Å²) in [6, 6.07) is 0. The summed E-state index contributed by atoms with van der Waals surface area (Å²) < 4.78 is 0. The summed E-state index contributed by atoms with van der Waals surface area (Å²) >= 11 is 0. The van der Waals surface area contributed by atoms with Crippen molar-refractivity contribution in [3.63, 3.8) is 0 Å². The first kappa shape index (κ1) is 13.1. The second-order valence-electron chi connectivity index (χ2n) is 8.40. The standard InChI is InChI=1S/C16H25NO3/c1-15-3-10-2-11(4-15)6-16(5-10,9-15)14(20)17-7-12(18)13(19)8-17/h10-13,18-19H,2-9H2,1H3/t10?,11?,12-,13+,15?,16?. The molecule has 1 aliphatic heterocycles. The topological polar surface area (TPSA) is 60.8 Å². The number of amides is 1. The Morgan fingerprint density at radius 3 is 2.10 bits per heavy atom. The third kappa shape index (κ3) is 1.77. The van der Waals surface area contributed by atoms with E-state index in [2.05, 4.69) is 6.92 Å². The molecule has 0 aromatic rings. The van der Waals surface area contributed by atoms with Gasteiger partial charge in [-0.15, -0.1) is 0 Å². The van der Waals surface area contributed by atoms with Crippen LogP contribution in [0.2, 0.25) is 0 Å². The molecule has 4 aliphatic carbocycles. The number of carbonyl (C=O) groups excluding carboxylic acids is 1. The van der Waals surface area contributed by atoms with Crippen LogP contribution in [-0.4, -0.2) is 46.3 Å². The van der Waals surface area contributed by atoms with Gasteiger partial charge in [0.2, 0.25) is 5.91 Å². The molecular weight excluding hydrogens is 254 g/mol. The van der Waals surface area contributed by atoms with Crippen LogP contribution in [-0.2, 0) is 4.79 Å². The first-order valence-electron chi connectivity index (χ1n) is 8.05. The lowest BCUT2D eigenvalue weighted by Crippen LogP contribution is -2.57. The van der Waals surface area contributed by atoms with Gasteiger partial charge in [0.25, 0.3) is 0 Å². The summed E-state index contributed by atoms with van der Waals surface area (Å²) in [7, 11) is 0. The van der Waals surface area contributed by atoms with E-state index < -0.39 is 12.2 Å². The number of aliphatic hydroxyl groups is 2. The molecule has 4 saturated carbocycles. The monoisotopic (exact) mass is 279 g/mol. The Balaban J connectivity index is 1.60. The maximum Gasteiger partial charge on any atom is 0.229 e. The lowest BCUT2D eigenvalue weighted by atomic mass is 9.44. The molecule has 5 fully saturated rings. The lowest BCUT2D eigenvalue weighted by molar-refractivity contribution is -0.165. The minimum atomic E-state index is -0.761. The van der Waals surface area contributed by atoms with Crippen molar-refractivity contribution < 1.29 is 15.0 Å². The molecule has 2 N–H and O–H groups in total. The Kier molecular flexibility index (Phi) is 2.60. The predicted molar refractivity (Wildman–Crippen MR) is 73.8 cm³/mol. The van der Waals surface area contributed by atoms with E-state index in [1.54, 1.807) is 4.90 Å². The van der Waals surface area contributed by atoms with Gasteiger partial charge in [-0.2, -0.15) is 0 Å². The van der Waals surface area contributed by atoms with Gasteiger partial charge in [0, 0.05) is 13.1 Å². The molecule has 2 unspecified atom stereocenters. The summed E-state index contributed by atoms with van der Waals surface area (Å²) in [5, 5.41) is 19.4. The quantitative estimate of drug-likeness (QED) is 0.757. The SMILES string of the molecule is CC12CC3CC(C1)CC(C(=O)N1C[C@@H](O)[C@@H](O)C1)(C3)C2. The molecule has 1 saturated heterocycles. The average molecular weight is 279 g/mol. The van der Waals surface area contributed by atoms with Crippen molar-refractivity contribution in [3.8, 4) is 0 Å². The Hall–Kier alpha value is -0.610. The van der Waals surface area contributed by atoms with E-state index in [0.717, 1.165) is 31.1 Å². The molecule has 0 radical (unpaired) electrons. The van der Waals surface area contributed by atoms with Crippen LogP contribution in [0, 0.1) is 22.7 Å². The number of rotatable bonds is 1. The molecule has 1 heterocycles. The zero-order chi connectivity index (χ0) is 14.1. The van der Waals surface area contributed by atoms with Crippen LogP contribution in [0.3, 0.4) is 0 Å². The van der Waals surface area contributed by atoms with E-state index in [0.29, 0.717) is 18.5 Å². The van der Waals surface area contributed by atoms with Gasteiger partial charge in [-0.3, -0.25) is 4.79 Å². The van der Waals surface area contributed by atoms with Crippen molar-refractivity contribution in [2.24, 2.45) is 22.7 Å². The van der Waals surface area contributed by atoms with Gasteiger partial charge in [0.1, 0.15) is 0 Å². The number of likely N-dealkylation sites (tertiary alicyclic amines) is 1. The average Bonchev–Trinajstić information content (AvgIpc) is 2.65. The molecule has 1 amide bonds. The van der Waals surface area contributed by atoms with Crippen LogP contribution in [0.25, 0.3) is 0 Å². The van der Waals surface area contributed by atoms with Gasteiger partial charge in [-0.05, 0) is 55.8 Å². The highest BCUT2D eigenvalue weighted by Crippen LogP contribution is 2.65. The fourth-order valence-corrected chi connectivity index (χ4v) is 6.24. The third-order valence-corrected chi connectivity index (χ3v) is 6.35. The first-order valence-corrected chi connectivity index (χ1v) is 8.05. The van der Waals surface area contributed by atoms with Crippen molar-refractivity contribution in [2.45, 2.75) is 57.7 Å². The molecule has 5 rings (SSSR count). The molecule has 20 heavy (non-hydrogen) atoms. The molecule has 0 aromatic carbocycles. The van der Waals surface area contributed by atoms with E-state index in [9.17, 15) is 15.0 Å². The predicted octanol–water partition coefficient (Wildman–Crippen LogP) is 1.16. The summed E-state index contributed by atoms with van der Waals surface area (Å²) in [5.41, 5.74) is 0.180. The van der Waals surface area contributed by atoms with Gasteiger partial charge < -0.3 is 15.1 Å². The Bertz CT molecular complexity index is 425. The van der Waals surface area contributed by atoms with Crippen molar-refractivity contribution >= 4 is 5.91 Å². The van der Waals surface area contributed by atoms with E-state index in [4.69, 9.17) is 0 Å². The van der Waals surface area contributed by atoms with Crippen molar-refractivity contribution in [1.82, 2.24) is 4.90 Å². The second kappa shape index (κ2) is 3.98. The van der Waals surface area contributed by atoms with Crippen LogP contribution in [0.4, 0.5) is 0 Å². The summed E-state index contributed by atoms with van der Waals surface area (Å²) in [5.74, 6) is 1.67. The van der Waals surface area contributed by atoms with E-state index in [1.165, 1.54) is 19.3 Å². The molecule has 0 aromatic heterocycles. The van der Waals surface area contributed by atoms with Crippen LogP contribution in [0.1, 0.15) is 45.4 Å². The summed E-state index contributed by atoms with van der Waals surface area (Å²) in [4.78, 5) is 14.8. The fraction of sp³-hybridized carbons (Fsp3) is 0.938. The van der Waals surface area contributed by atoms with Crippen molar-refractivity contribution in [1.29, 1.82) is 0 Å². The summed E-state index contributed by atoms with van der Waals surface area (Å²) in [6.45, 7) is 2.99.